The topological polar surface area (TPSA) is 73.3 Å². The van der Waals surface area contributed by atoms with E-state index in [0.29, 0.717) is 22.2 Å². The van der Waals surface area contributed by atoms with Crippen molar-refractivity contribution in [3.8, 4) is 22.9 Å². The van der Waals surface area contributed by atoms with Crippen LogP contribution in [0.5, 0.6) is 11.5 Å². The smallest absolute Gasteiger partial charge is 0.258 e. The van der Waals surface area contributed by atoms with E-state index in [2.05, 4.69) is 15.3 Å². The van der Waals surface area contributed by atoms with Crippen LogP contribution >= 0.6 is 11.3 Å². The number of aromatic nitrogens is 2. The lowest BCUT2D eigenvalue weighted by atomic mass is 10.0. The molecule has 0 atom stereocenters. The van der Waals surface area contributed by atoms with Gasteiger partial charge >= 0.3 is 0 Å². The van der Waals surface area contributed by atoms with Crippen molar-refractivity contribution in [3.63, 3.8) is 0 Å². The van der Waals surface area contributed by atoms with Gasteiger partial charge in [0.1, 0.15) is 5.69 Å². The third-order valence-corrected chi connectivity index (χ3v) is 5.46. The number of hydrogen-bond donors (Lipinski definition) is 1. The molecule has 2 aromatic heterocycles. The van der Waals surface area contributed by atoms with Gasteiger partial charge in [-0.3, -0.25) is 15.1 Å². The number of carbonyl (C=O) groups excluding carboxylic acids is 1. The fraction of sp³-hybridized carbons (Fsp3) is 0.0800. The summed E-state index contributed by atoms with van der Waals surface area (Å²) >= 11 is 1.36. The lowest BCUT2D eigenvalue weighted by Crippen LogP contribution is -2.13. The predicted octanol–water partition coefficient (Wildman–Crippen LogP) is 5.40. The van der Waals surface area contributed by atoms with Gasteiger partial charge in [-0.1, -0.05) is 42.5 Å². The molecule has 0 fully saturated rings. The molecule has 4 rings (SSSR count). The van der Waals surface area contributed by atoms with Crippen LogP contribution in [0.25, 0.3) is 23.0 Å². The van der Waals surface area contributed by atoms with Crippen LogP contribution in [0, 0.1) is 0 Å². The zero-order chi connectivity index (χ0) is 22.3. The lowest BCUT2D eigenvalue weighted by Gasteiger charge is -2.10. The van der Waals surface area contributed by atoms with E-state index in [9.17, 15) is 4.79 Å². The molecule has 0 unspecified atom stereocenters. The minimum absolute atomic E-state index is 0.257. The number of nitrogens with zero attached hydrogens (tertiary/aromatic N) is 2. The van der Waals surface area contributed by atoms with Crippen molar-refractivity contribution in [2.45, 2.75) is 0 Å². The van der Waals surface area contributed by atoms with Crippen molar-refractivity contribution in [3.05, 3.63) is 89.4 Å². The number of nitrogens with one attached hydrogen (secondary N) is 1. The highest BCUT2D eigenvalue weighted by Crippen LogP contribution is 2.30. The normalized spacial score (nSPS) is 11.1. The van der Waals surface area contributed by atoms with Crippen molar-refractivity contribution < 1.29 is 14.3 Å². The van der Waals surface area contributed by atoms with Gasteiger partial charge in [0.25, 0.3) is 5.91 Å². The van der Waals surface area contributed by atoms with Crippen LogP contribution in [0.1, 0.15) is 11.1 Å². The monoisotopic (exact) mass is 443 g/mol. The maximum absolute atomic E-state index is 13.3. The Kier molecular flexibility index (Phi) is 6.57. The molecule has 2 heterocycles. The number of rotatable bonds is 7. The van der Waals surface area contributed by atoms with Crippen molar-refractivity contribution >= 4 is 34.0 Å². The number of pyridine rings is 1. The van der Waals surface area contributed by atoms with Crippen molar-refractivity contribution in [1.29, 1.82) is 0 Å². The average Bonchev–Trinajstić information content (AvgIpc) is 3.31. The molecular weight excluding hydrogens is 422 g/mol. The van der Waals surface area contributed by atoms with Gasteiger partial charge < -0.3 is 9.47 Å². The second-order valence-electron chi connectivity index (χ2n) is 6.75. The summed E-state index contributed by atoms with van der Waals surface area (Å²) in [4.78, 5) is 22.1. The van der Waals surface area contributed by atoms with Gasteiger partial charge in [-0.05, 0) is 41.5 Å². The number of carbonyl (C=O) groups is 1. The Morgan fingerprint density at radius 1 is 0.938 bits per heavy atom. The maximum atomic E-state index is 13.3. The number of ether oxygens (including phenoxy) is 2. The Bertz CT molecular complexity index is 1240. The Balaban J connectivity index is 1.65. The molecule has 0 saturated heterocycles. The fourth-order valence-electron chi connectivity index (χ4n) is 3.13. The predicted molar refractivity (Wildman–Crippen MR) is 128 cm³/mol. The second-order valence-corrected chi connectivity index (χ2v) is 7.60. The standard InChI is InChI=1S/C25H21N3O3S/c1-30-22-12-11-17(15-23(22)31-2)14-19(18-8-4-3-5-9-18)24(29)28-25-27-21(16-32-25)20-10-6-7-13-26-20/h3-16H,1-2H3,(H,27,28,29)/b19-14+. The molecule has 0 aliphatic heterocycles. The number of hydrogen-bond acceptors (Lipinski definition) is 6. The molecule has 7 heteroatoms. The molecule has 0 spiro atoms. The first-order valence-electron chi connectivity index (χ1n) is 9.85. The van der Waals surface area contributed by atoms with Crippen LogP contribution in [0.15, 0.2) is 78.3 Å². The Morgan fingerprint density at radius 2 is 1.72 bits per heavy atom. The molecule has 1 amide bonds. The molecule has 32 heavy (non-hydrogen) atoms. The summed E-state index contributed by atoms with van der Waals surface area (Å²) in [5, 5.41) is 5.30. The van der Waals surface area contributed by atoms with Gasteiger partial charge in [-0.2, -0.15) is 0 Å². The van der Waals surface area contributed by atoms with E-state index in [-0.39, 0.29) is 5.91 Å². The minimum Gasteiger partial charge on any atom is -0.493 e. The molecule has 0 saturated carbocycles. The molecule has 6 nitrogen and oxygen atoms in total. The highest BCUT2D eigenvalue weighted by atomic mass is 32.1. The van der Waals surface area contributed by atoms with E-state index in [4.69, 9.17) is 9.47 Å². The molecule has 160 valence electrons. The molecule has 1 N–H and O–H groups in total. The molecule has 4 aromatic rings. The Labute approximate surface area is 190 Å². The molecule has 0 radical (unpaired) electrons. The quantitative estimate of drug-likeness (QED) is 0.306. The van der Waals surface area contributed by atoms with Crippen LogP contribution < -0.4 is 14.8 Å². The number of amides is 1. The number of methoxy groups -OCH3 is 2. The van der Waals surface area contributed by atoms with Crippen molar-refractivity contribution in [1.82, 2.24) is 9.97 Å². The van der Waals surface area contributed by atoms with E-state index >= 15 is 0 Å². The van der Waals surface area contributed by atoms with E-state index in [1.807, 2.05) is 78.2 Å². The van der Waals surface area contributed by atoms with Crippen LogP contribution in [-0.2, 0) is 4.79 Å². The van der Waals surface area contributed by atoms with Crippen LogP contribution in [0.4, 0.5) is 5.13 Å². The van der Waals surface area contributed by atoms with E-state index < -0.39 is 0 Å². The summed E-state index contributed by atoms with van der Waals surface area (Å²) in [6, 6.07) is 20.6. The average molecular weight is 444 g/mol. The van der Waals surface area contributed by atoms with Gasteiger partial charge in [-0.25, -0.2) is 4.98 Å². The van der Waals surface area contributed by atoms with E-state index in [1.165, 1.54) is 11.3 Å². The third kappa shape index (κ3) is 4.84. The molecule has 0 aliphatic carbocycles. The largest absolute Gasteiger partial charge is 0.493 e. The highest BCUT2D eigenvalue weighted by Gasteiger charge is 2.15. The summed E-state index contributed by atoms with van der Waals surface area (Å²) in [5.41, 5.74) is 3.59. The first kappa shape index (κ1) is 21.3. The molecule has 2 aromatic carbocycles. The molecule has 0 bridgehead atoms. The first-order valence-corrected chi connectivity index (χ1v) is 10.7. The SMILES string of the molecule is COc1ccc(/C=C(/C(=O)Nc2nc(-c3ccccn3)cs2)c2ccccc2)cc1OC. The fourth-order valence-corrected chi connectivity index (χ4v) is 3.83. The van der Waals surface area contributed by atoms with Crippen molar-refractivity contribution in [2.75, 3.05) is 19.5 Å². The molecule has 0 aliphatic rings. The van der Waals surface area contributed by atoms with Gasteiger partial charge in [0.2, 0.25) is 0 Å². The summed E-state index contributed by atoms with van der Waals surface area (Å²) < 4.78 is 10.7. The lowest BCUT2D eigenvalue weighted by molar-refractivity contribution is -0.111. The van der Waals surface area contributed by atoms with Crippen LogP contribution in [-0.4, -0.2) is 30.1 Å². The molecular formula is C25H21N3O3S. The number of thiazole rings is 1. The van der Waals surface area contributed by atoms with Gasteiger partial charge in [-0.15, -0.1) is 11.3 Å². The van der Waals surface area contributed by atoms with Crippen molar-refractivity contribution in [2.24, 2.45) is 0 Å². The third-order valence-electron chi connectivity index (χ3n) is 4.70. The second kappa shape index (κ2) is 9.89. The van der Waals surface area contributed by atoms with Gasteiger partial charge in [0.15, 0.2) is 16.6 Å². The maximum Gasteiger partial charge on any atom is 0.258 e. The summed E-state index contributed by atoms with van der Waals surface area (Å²) in [6.45, 7) is 0. The zero-order valence-corrected chi connectivity index (χ0v) is 18.4. The van der Waals surface area contributed by atoms with E-state index in [1.54, 1.807) is 20.4 Å². The summed E-state index contributed by atoms with van der Waals surface area (Å²) in [5.74, 6) is 0.960. The Morgan fingerprint density at radius 3 is 2.44 bits per heavy atom. The van der Waals surface area contributed by atoms with E-state index in [0.717, 1.165) is 22.5 Å². The van der Waals surface area contributed by atoms with Gasteiger partial charge in [0.05, 0.1) is 19.9 Å². The highest BCUT2D eigenvalue weighted by molar-refractivity contribution is 7.14. The zero-order valence-electron chi connectivity index (χ0n) is 17.6. The van der Waals surface area contributed by atoms with Crippen LogP contribution in [0.3, 0.4) is 0 Å². The summed E-state index contributed by atoms with van der Waals surface area (Å²) in [7, 11) is 3.17. The first-order chi connectivity index (χ1) is 15.7. The van der Waals surface area contributed by atoms with Crippen LogP contribution in [0.2, 0.25) is 0 Å². The Hall–Kier alpha value is -3.97. The number of anilines is 1. The number of benzene rings is 2. The minimum atomic E-state index is -0.257. The van der Waals surface area contributed by atoms with Gasteiger partial charge in [0, 0.05) is 17.2 Å². The summed E-state index contributed by atoms with van der Waals surface area (Å²) in [6.07, 6.45) is 3.53.